The Morgan fingerprint density at radius 2 is 2.09 bits per heavy atom. The van der Waals surface area contributed by atoms with Crippen molar-refractivity contribution < 1.29 is 19.8 Å². The van der Waals surface area contributed by atoms with Gasteiger partial charge in [-0.05, 0) is 18.8 Å². The summed E-state index contributed by atoms with van der Waals surface area (Å²) >= 11 is 0.566. The van der Waals surface area contributed by atoms with E-state index in [4.69, 9.17) is 10.2 Å². The van der Waals surface area contributed by atoms with Crippen molar-refractivity contribution in [2.75, 3.05) is 12.8 Å². The highest BCUT2D eigenvalue weighted by Gasteiger charge is 2.15. The average Bonchev–Trinajstić information content (AvgIpc) is 1.87. The maximum Gasteiger partial charge on any atom is 0.364 e. The summed E-state index contributed by atoms with van der Waals surface area (Å²) in [4.78, 5) is 20.3. The first-order valence-electron chi connectivity index (χ1n) is 2.83. The SMILES string of the molecule is CN[C@H](CSC(=O)O)C(=O)O. The number of rotatable bonds is 4. The van der Waals surface area contributed by atoms with Crippen LogP contribution in [0.2, 0.25) is 0 Å². The molecule has 0 unspecified atom stereocenters. The number of hydrogen-bond acceptors (Lipinski definition) is 4. The molecular formula is C5H9NO4S. The van der Waals surface area contributed by atoms with Gasteiger partial charge in [0.1, 0.15) is 6.04 Å². The van der Waals surface area contributed by atoms with E-state index in [1.807, 2.05) is 0 Å². The summed E-state index contributed by atoms with van der Waals surface area (Å²) in [5, 5.41) is 18.0. The molecule has 64 valence electrons. The molecule has 0 heterocycles. The average molecular weight is 179 g/mol. The van der Waals surface area contributed by atoms with Crippen LogP contribution in [0.5, 0.6) is 0 Å². The molecule has 6 heteroatoms. The molecule has 0 fully saturated rings. The Labute approximate surface area is 67.8 Å². The van der Waals surface area contributed by atoms with Gasteiger partial charge < -0.3 is 15.5 Å². The summed E-state index contributed by atoms with van der Waals surface area (Å²) in [5.74, 6) is -1.01. The number of carbonyl (C=O) groups is 2. The molecule has 11 heavy (non-hydrogen) atoms. The number of carboxylic acids is 1. The van der Waals surface area contributed by atoms with Gasteiger partial charge in [0.2, 0.25) is 0 Å². The van der Waals surface area contributed by atoms with Gasteiger partial charge in [0.05, 0.1) is 0 Å². The summed E-state index contributed by atoms with van der Waals surface area (Å²) in [5.41, 5.74) is 0. The van der Waals surface area contributed by atoms with E-state index >= 15 is 0 Å². The van der Waals surface area contributed by atoms with Gasteiger partial charge >= 0.3 is 11.3 Å². The number of nitrogens with one attached hydrogen (secondary N) is 1. The van der Waals surface area contributed by atoms with Crippen LogP contribution in [0.15, 0.2) is 0 Å². The van der Waals surface area contributed by atoms with Crippen LogP contribution < -0.4 is 5.32 Å². The summed E-state index contributed by atoms with van der Waals surface area (Å²) in [6.45, 7) is 0. The van der Waals surface area contributed by atoms with Crippen LogP contribution in [-0.2, 0) is 4.79 Å². The molecule has 0 bridgehead atoms. The molecule has 0 spiro atoms. The number of thioether (sulfide) groups is 1. The summed E-state index contributed by atoms with van der Waals surface area (Å²) in [6.07, 6.45) is 0. The highest BCUT2D eigenvalue weighted by molar-refractivity contribution is 8.13. The molecule has 0 aromatic rings. The Balaban J connectivity index is 3.70. The van der Waals surface area contributed by atoms with Gasteiger partial charge in [0.15, 0.2) is 0 Å². The van der Waals surface area contributed by atoms with Crippen LogP contribution in [0.3, 0.4) is 0 Å². The van der Waals surface area contributed by atoms with Gasteiger partial charge in [-0.3, -0.25) is 4.79 Å². The third-order valence-electron chi connectivity index (χ3n) is 1.02. The highest BCUT2D eigenvalue weighted by atomic mass is 32.2. The lowest BCUT2D eigenvalue weighted by Gasteiger charge is -2.07. The van der Waals surface area contributed by atoms with Gasteiger partial charge in [0.25, 0.3) is 0 Å². The Bertz CT molecular complexity index is 161. The number of likely N-dealkylation sites (N-methyl/N-ethyl adjacent to an activating group) is 1. The van der Waals surface area contributed by atoms with E-state index in [9.17, 15) is 9.59 Å². The first kappa shape index (κ1) is 10.2. The zero-order valence-electron chi connectivity index (χ0n) is 5.90. The third kappa shape index (κ3) is 4.63. The van der Waals surface area contributed by atoms with Crippen LogP contribution in [0, 0.1) is 0 Å². The van der Waals surface area contributed by atoms with Crippen LogP contribution in [0.1, 0.15) is 0 Å². The molecular weight excluding hydrogens is 170 g/mol. The predicted octanol–water partition coefficient (Wildman–Crippen LogP) is 0.0702. The number of aliphatic carboxylic acids is 1. The molecule has 3 N–H and O–H groups in total. The second kappa shape index (κ2) is 4.97. The van der Waals surface area contributed by atoms with E-state index in [2.05, 4.69) is 5.32 Å². The van der Waals surface area contributed by atoms with E-state index in [0.717, 1.165) is 0 Å². The van der Waals surface area contributed by atoms with Crippen molar-refractivity contribution in [3.8, 4) is 0 Å². The standard InChI is InChI=1S/C5H9NO4S/c1-6-3(4(7)8)2-11-5(9)10/h3,6H,2H2,1H3,(H,7,8)(H,9,10)/t3-/m1/s1. The van der Waals surface area contributed by atoms with Crippen LogP contribution >= 0.6 is 11.8 Å². The molecule has 0 aliphatic carbocycles. The van der Waals surface area contributed by atoms with Gasteiger partial charge in [-0.1, -0.05) is 0 Å². The summed E-state index contributed by atoms with van der Waals surface area (Å²) < 4.78 is 0. The second-order valence-corrected chi connectivity index (χ2v) is 2.73. The fourth-order valence-corrected chi connectivity index (χ4v) is 1.05. The molecule has 0 saturated carbocycles. The first-order chi connectivity index (χ1) is 5.07. The predicted molar refractivity (Wildman–Crippen MR) is 41.0 cm³/mol. The van der Waals surface area contributed by atoms with Gasteiger partial charge in [-0.2, -0.15) is 0 Å². The lowest BCUT2D eigenvalue weighted by Crippen LogP contribution is -2.36. The van der Waals surface area contributed by atoms with Crippen molar-refractivity contribution in [2.24, 2.45) is 0 Å². The first-order valence-corrected chi connectivity index (χ1v) is 3.82. The molecule has 0 aromatic carbocycles. The minimum Gasteiger partial charge on any atom is -0.480 e. The van der Waals surface area contributed by atoms with Gasteiger partial charge in [0, 0.05) is 5.75 Å². The monoisotopic (exact) mass is 179 g/mol. The topological polar surface area (TPSA) is 86.6 Å². The molecule has 0 saturated heterocycles. The molecule has 1 atom stereocenters. The molecule has 0 aliphatic heterocycles. The Kier molecular flexibility index (Phi) is 4.64. The third-order valence-corrected chi connectivity index (χ3v) is 1.77. The Hall–Kier alpha value is -0.750. The molecule has 0 radical (unpaired) electrons. The normalized spacial score (nSPS) is 12.5. The molecule has 5 nitrogen and oxygen atoms in total. The Morgan fingerprint density at radius 3 is 2.36 bits per heavy atom. The van der Waals surface area contributed by atoms with Crippen molar-refractivity contribution in [1.82, 2.24) is 5.32 Å². The van der Waals surface area contributed by atoms with Gasteiger partial charge in [-0.15, -0.1) is 0 Å². The Morgan fingerprint density at radius 1 is 1.55 bits per heavy atom. The van der Waals surface area contributed by atoms with Crippen LogP contribution in [0.25, 0.3) is 0 Å². The van der Waals surface area contributed by atoms with E-state index in [-0.39, 0.29) is 5.75 Å². The van der Waals surface area contributed by atoms with Crippen molar-refractivity contribution in [1.29, 1.82) is 0 Å². The molecule has 0 amide bonds. The van der Waals surface area contributed by atoms with Crippen LogP contribution in [-0.4, -0.2) is 40.3 Å². The molecule has 0 rings (SSSR count). The zero-order chi connectivity index (χ0) is 8.85. The van der Waals surface area contributed by atoms with Crippen molar-refractivity contribution in [2.45, 2.75) is 6.04 Å². The fraction of sp³-hybridized carbons (Fsp3) is 0.600. The zero-order valence-corrected chi connectivity index (χ0v) is 6.72. The summed E-state index contributed by atoms with van der Waals surface area (Å²) in [7, 11) is 1.47. The van der Waals surface area contributed by atoms with E-state index in [1.165, 1.54) is 7.05 Å². The quantitative estimate of drug-likeness (QED) is 0.566. The highest BCUT2D eigenvalue weighted by Crippen LogP contribution is 2.03. The maximum atomic E-state index is 10.3. The lowest BCUT2D eigenvalue weighted by molar-refractivity contribution is -0.138. The smallest absolute Gasteiger partial charge is 0.364 e. The van der Waals surface area contributed by atoms with Gasteiger partial charge in [-0.25, -0.2) is 4.79 Å². The van der Waals surface area contributed by atoms with E-state index in [1.54, 1.807) is 0 Å². The van der Waals surface area contributed by atoms with Crippen molar-refractivity contribution in [3.05, 3.63) is 0 Å². The molecule has 0 aliphatic rings. The fourth-order valence-electron chi connectivity index (χ4n) is 0.433. The van der Waals surface area contributed by atoms with Crippen LogP contribution in [0.4, 0.5) is 4.79 Å². The largest absolute Gasteiger partial charge is 0.480 e. The molecule has 0 aromatic heterocycles. The minimum atomic E-state index is -1.06. The van der Waals surface area contributed by atoms with E-state index < -0.39 is 17.3 Å². The van der Waals surface area contributed by atoms with Crippen molar-refractivity contribution in [3.63, 3.8) is 0 Å². The van der Waals surface area contributed by atoms with Crippen molar-refractivity contribution >= 4 is 23.0 Å². The second-order valence-electron chi connectivity index (χ2n) is 1.76. The van der Waals surface area contributed by atoms with E-state index in [0.29, 0.717) is 11.8 Å². The minimum absolute atomic E-state index is 0.0289. The number of carboxylic acid groups (broad SMARTS) is 2. The maximum absolute atomic E-state index is 10.3. The lowest BCUT2D eigenvalue weighted by atomic mass is 10.3. The summed E-state index contributed by atoms with van der Waals surface area (Å²) in [6, 6.07) is -0.795. The number of hydrogen-bond donors (Lipinski definition) is 3.